The summed E-state index contributed by atoms with van der Waals surface area (Å²) in [4.78, 5) is 51.0. The monoisotopic (exact) mass is 497 g/mol. The molecule has 12 heteroatoms. The van der Waals surface area contributed by atoms with Crippen LogP contribution in [0.4, 0.5) is 4.39 Å². The molecule has 4 rings (SSSR count). The van der Waals surface area contributed by atoms with Crippen LogP contribution in [0, 0.1) is 16.0 Å². The van der Waals surface area contributed by atoms with Crippen LogP contribution in [0.2, 0.25) is 5.02 Å². The molecule has 1 aromatic heterocycles. The Balaban J connectivity index is 1.76. The van der Waals surface area contributed by atoms with Crippen molar-refractivity contribution in [3.05, 3.63) is 48.7 Å². The van der Waals surface area contributed by atoms with E-state index in [0.717, 1.165) is 21.3 Å². The number of nitrogens with zero attached hydrogens (tertiary/aromatic N) is 3. The average Bonchev–Trinajstić information content (AvgIpc) is 3.69. The number of aromatic nitrogens is 3. The second-order valence-electron chi connectivity index (χ2n) is 8.26. The van der Waals surface area contributed by atoms with Crippen LogP contribution in [-0.4, -0.2) is 37.7 Å². The molecular weight excluding hydrogens is 477 g/mol. The smallest absolute Gasteiger partial charge is 0.338 e. The fourth-order valence-corrected chi connectivity index (χ4v) is 4.14. The van der Waals surface area contributed by atoms with Gasteiger partial charge in [0, 0.05) is 20.2 Å². The summed E-state index contributed by atoms with van der Waals surface area (Å²) in [5, 5.41) is -0.148. The molecule has 1 heterocycles. The van der Waals surface area contributed by atoms with Crippen LogP contribution in [0.5, 0.6) is 5.75 Å². The van der Waals surface area contributed by atoms with Crippen molar-refractivity contribution < 1.29 is 23.5 Å². The lowest BCUT2D eigenvalue weighted by atomic mass is 9.95. The second kappa shape index (κ2) is 7.91. The number of hydrogen-bond donors (Lipinski definition) is 0. The number of carbonyl (C=O) groups excluding carboxylic acids is 2. The molecule has 0 bridgehead atoms. The van der Waals surface area contributed by atoms with Crippen LogP contribution in [0.25, 0.3) is 5.69 Å². The molecule has 33 heavy (non-hydrogen) atoms. The minimum Gasteiger partial charge on any atom is -0.478 e. The maximum absolute atomic E-state index is 14.8. The van der Waals surface area contributed by atoms with Gasteiger partial charge in [0.25, 0.3) is 0 Å². The molecule has 2 aliphatic rings. The van der Waals surface area contributed by atoms with E-state index in [4.69, 9.17) is 33.3 Å². The molecule has 0 saturated heterocycles. The fourth-order valence-electron chi connectivity index (χ4n) is 3.80. The van der Waals surface area contributed by atoms with Crippen molar-refractivity contribution in [3.63, 3.8) is 0 Å². The van der Waals surface area contributed by atoms with Crippen LogP contribution in [0.3, 0.4) is 0 Å². The summed E-state index contributed by atoms with van der Waals surface area (Å²) in [6.45, 7) is 1.81. The van der Waals surface area contributed by atoms with E-state index in [9.17, 15) is 23.6 Å². The van der Waals surface area contributed by atoms with Crippen molar-refractivity contribution in [2.75, 3.05) is 6.61 Å². The van der Waals surface area contributed by atoms with Gasteiger partial charge in [0.05, 0.1) is 17.3 Å². The van der Waals surface area contributed by atoms with Gasteiger partial charge in [0.1, 0.15) is 17.0 Å². The number of ether oxygens (including phenoxy) is 2. The number of esters is 1. The second-order valence-corrected chi connectivity index (χ2v) is 9.04. The highest BCUT2D eigenvalue weighted by atomic mass is 35.5. The van der Waals surface area contributed by atoms with Crippen LogP contribution in [0.1, 0.15) is 32.6 Å². The molecule has 0 amide bonds. The quantitative estimate of drug-likeness (QED) is 0.328. The van der Waals surface area contributed by atoms with Crippen molar-refractivity contribution in [3.8, 4) is 11.4 Å². The lowest BCUT2D eigenvalue weighted by molar-refractivity contribution is -0.156. The summed E-state index contributed by atoms with van der Waals surface area (Å²) in [6.07, 6.45) is 1.43. The van der Waals surface area contributed by atoms with Crippen molar-refractivity contribution in [1.82, 2.24) is 13.7 Å². The minimum absolute atomic E-state index is 0.0386. The lowest BCUT2D eigenvalue weighted by Gasteiger charge is -2.23. The first-order valence-electron chi connectivity index (χ1n) is 10.3. The van der Waals surface area contributed by atoms with Gasteiger partial charge in [-0.25, -0.2) is 18.5 Å². The van der Waals surface area contributed by atoms with E-state index in [2.05, 4.69) is 0 Å². The number of benzene rings is 1. The molecule has 2 aliphatic carbocycles. The van der Waals surface area contributed by atoms with Crippen molar-refractivity contribution in [2.45, 2.75) is 38.2 Å². The topological polar surface area (TPSA) is 102 Å². The molecule has 2 saturated carbocycles. The minimum atomic E-state index is -1.30. The van der Waals surface area contributed by atoms with Crippen LogP contribution < -0.4 is 16.1 Å². The van der Waals surface area contributed by atoms with Crippen molar-refractivity contribution in [1.29, 1.82) is 0 Å². The summed E-state index contributed by atoms with van der Waals surface area (Å²) in [6, 6.07) is 2.00. The normalized spacial score (nSPS) is 17.4. The third-order valence-electron chi connectivity index (χ3n) is 6.05. The third-order valence-corrected chi connectivity index (χ3v) is 6.89. The number of carbonyl (C=O) groups is 2. The predicted octanol–water partition coefficient (Wildman–Crippen LogP) is 2.22. The molecule has 176 valence electrons. The predicted molar refractivity (Wildman–Crippen MR) is 118 cm³/mol. The Morgan fingerprint density at radius 2 is 1.70 bits per heavy atom. The highest BCUT2D eigenvalue weighted by Crippen LogP contribution is 2.56. The van der Waals surface area contributed by atoms with Crippen LogP contribution >= 0.6 is 23.8 Å². The number of halogens is 2. The van der Waals surface area contributed by atoms with Gasteiger partial charge < -0.3 is 9.47 Å². The summed E-state index contributed by atoms with van der Waals surface area (Å²) in [7, 11) is 2.71. The molecule has 0 unspecified atom stereocenters. The lowest BCUT2D eigenvalue weighted by Crippen LogP contribution is -2.44. The zero-order valence-corrected chi connectivity index (χ0v) is 19.7. The van der Waals surface area contributed by atoms with Gasteiger partial charge in [-0.2, -0.15) is 0 Å². The molecule has 0 aliphatic heterocycles. The molecule has 0 N–H and O–H groups in total. The van der Waals surface area contributed by atoms with Gasteiger partial charge in [-0.15, -0.1) is 0 Å². The first-order chi connectivity index (χ1) is 15.5. The van der Waals surface area contributed by atoms with E-state index in [0.29, 0.717) is 30.3 Å². The van der Waals surface area contributed by atoms with E-state index in [1.807, 2.05) is 0 Å². The Labute approximate surface area is 197 Å². The van der Waals surface area contributed by atoms with Gasteiger partial charge in [-0.05, 0) is 50.9 Å². The highest BCUT2D eigenvalue weighted by molar-refractivity contribution is 7.71. The van der Waals surface area contributed by atoms with Crippen LogP contribution in [0.15, 0.2) is 21.7 Å². The van der Waals surface area contributed by atoms with Gasteiger partial charge in [0.2, 0.25) is 0 Å². The van der Waals surface area contributed by atoms with Gasteiger partial charge in [0.15, 0.2) is 16.2 Å². The number of rotatable bonds is 7. The average molecular weight is 498 g/mol. The van der Waals surface area contributed by atoms with E-state index in [-0.39, 0.29) is 22.2 Å². The molecule has 9 nitrogen and oxygen atoms in total. The van der Waals surface area contributed by atoms with Crippen molar-refractivity contribution in [2.24, 2.45) is 19.5 Å². The summed E-state index contributed by atoms with van der Waals surface area (Å²) >= 11 is 11.2. The van der Waals surface area contributed by atoms with E-state index < -0.39 is 45.7 Å². The Morgan fingerprint density at radius 1 is 1.12 bits per heavy atom. The summed E-state index contributed by atoms with van der Waals surface area (Å²) in [5.41, 5.74) is -4.65. The summed E-state index contributed by atoms with van der Waals surface area (Å²) < 4.78 is 28.4. The largest absolute Gasteiger partial charge is 0.478 e. The first kappa shape index (κ1) is 23.4. The van der Waals surface area contributed by atoms with E-state index in [1.54, 1.807) is 6.92 Å². The van der Waals surface area contributed by atoms with E-state index in [1.165, 1.54) is 14.1 Å². The summed E-state index contributed by atoms with van der Waals surface area (Å²) in [5.74, 6) is -2.00. The Kier molecular flexibility index (Phi) is 5.60. The molecule has 0 radical (unpaired) electrons. The standard InChI is InChI=1S/C21H21ClFN3O6S/c1-4-31-16(28)20(5-6-20)15(27)21(7-8-21)32-14-10-13(12(23)9-11(14)22)26-17(29)24(2)19(33)25(3)18(26)30/h9-10H,4-8H2,1-3H3. The Hall–Kier alpha value is -2.79. The van der Waals surface area contributed by atoms with Crippen LogP contribution in [-0.2, 0) is 28.4 Å². The molecular formula is C21H21ClFN3O6S. The van der Waals surface area contributed by atoms with Gasteiger partial charge >= 0.3 is 17.3 Å². The number of ketones is 1. The Bertz CT molecular complexity index is 1330. The van der Waals surface area contributed by atoms with Crippen molar-refractivity contribution >= 4 is 35.6 Å². The zero-order valence-electron chi connectivity index (χ0n) is 18.1. The zero-order chi connectivity index (χ0) is 24.3. The molecule has 0 spiro atoms. The first-order valence-corrected chi connectivity index (χ1v) is 11.1. The molecule has 1 aromatic carbocycles. The number of Topliss-reactive ketones (excluding diaryl/α,β-unsaturated/α-hetero) is 1. The molecule has 2 fully saturated rings. The SMILES string of the molecule is CCOC(=O)C1(C(=O)C2(Oc3cc(-n4c(=O)n(C)c(=S)n(C)c4=O)c(F)cc3Cl)CC2)CC1. The maximum atomic E-state index is 14.8. The molecule has 2 aromatic rings. The van der Waals surface area contributed by atoms with E-state index >= 15 is 0 Å². The molecule has 0 atom stereocenters. The third kappa shape index (κ3) is 3.63. The number of hydrogen-bond acceptors (Lipinski definition) is 7. The van der Waals surface area contributed by atoms with Gasteiger partial charge in [-0.1, -0.05) is 11.6 Å². The Morgan fingerprint density at radius 3 is 2.18 bits per heavy atom. The highest BCUT2D eigenvalue weighted by Gasteiger charge is 2.68. The fraction of sp³-hybridized carbons (Fsp3) is 0.476. The van der Waals surface area contributed by atoms with Gasteiger partial charge in [-0.3, -0.25) is 18.7 Å². The maximum Gasteiger partial charge on any atom is 0.338 e.